The molecule has 0 unspecified atom stereocenters. The molecule has 2 heterocycles. The fourth-order valence-electron chi connectivity index (χ4n) is 3.23. The molecule has 3 rings (SSSR count). The van der Waals surface area contributed by atoms with Crippen LogP contribution in [0.25, 0.3) is 16.8 Å². The van der Waals surface area contributed by atoms with E-state index in [4.69, 9.17) is 9.84 Å². The zero-order chi connectivity index (χ0) is 18.8. The van der Waals surface area contributed by atoms with Crippen LogP contribution in [0.2, 0.25) is 0 Å². The summed E-state index contributed by atoms with van der Waals surface area (Å²) in [6.07, 6.45) is 2.54. The van der Waals surface area contributed by atoms with Crippen LogP contribution in [0.1, 0.15) is 35.5 Å². The van der Waals surface area contributed by atoms with Gasteiger partial charge in [0.15, 0.2) is 12.4 Å². The summed E-state index contributed by atoms with van der Waals surface area (Å²) in [5.41, 5.74) is 4.43. The van der Waals surface area contributed by atoms with Crippen molar-refractivity contribution in [2.75, 3.05) is 6.61 Å². The zero-order valence-corrected chi connectivity index (χ0v) is 14.9. The average molecular weight is 352 g/mol. The lowest BCUT2D eigenvalue weighted by molar-refractivity contribution is -0.139. The summed E-state index contributed by atoms with van der Waals surface area (Å²) in [5.74, 6) is -1.04. The standard InChI is InChI=1S/C20H20N2O4/c1-4-15-12(2)22-10-16(14-8-6-5-7-9-14)21-20(26-11-17(24)25)19(22)18(15)13(3)23/h5-10H,4,11H2,1-3H3,(H,24,25). The van der Waals surface area contributed by atoms with Crippen molar-refractivity contribution in [3.63, 3.8) is 0 Å². The highest BCUT2D eigenvalue weighted by molar-refractivity contribution is 6.04. The number of carbonyl (C=O) groups excluding carboxylic acids is 1. The van der Waals surface area contributed by atoms with Gasteiger partial charge >= 0.3 is 5.97 Å². The van der Waals surface area contributed by atoms with Crippen LogP contribution in [0.4, 0.5) is 0 Å². The van der Waals surface area contributed by atoms with Gasteiger partial charge in [0.1, 0.15) is 5.52 Å². The number of aryl methyl sites for hydroxylation is 1. The number of Topliss-reactive ketones (excluding diaryl/α,β-unsaturated/α-hetero) is 1. The van der Waals surface area contributed by atoms with Gasteiger partial charge in [-0.1, -0.05) is 37.3 Å². The van der Waals surface area contributed by atoms with Crippen LogP contribution >= 0.6 is 0 Å². The average Bonchev–Trinajstić information content (AvgIpc) is 2.92. The number of ketones is 1. The maximum atomic E-state index is 12.3. The van der Waals surface area contributed by atoms with E-state index in [1.54, 1.807) is 0 Å². The predicted octanol–water partition coefficient (Wildman–Crippen LogP) is 3.54. The van der Waals surface area contributed by atoms with Gasteiger partial charge in [-0.3, -0.25) is 4.79 Å². The van der Waals surface area contributed by atoms with E-state index in [1.165, 1.54) is 6.92 Å². The number of fused-ring (bicyclic) bond motifs is 1. The summed E-state index contributed by atoms with van der Waals surface area (Å²) >= 11 is 0. The first-order valence-corrected chi connectivity index (χ1v) is 8.39. The van der Waals surface area contributed by atoms with Gasteiger partial charge < -0.3 is 14.2 Å². The normalized spacial score (nSPS) is 10.9. The van der Waals surface area contributed by atoms with E-state index in [9.17, 15) is 9.59 Å². The number of ether oxygens (including phenoxy) is 1. The Balaban J connectivity index is 2.33. The Morgan fingerprint density at radius 1 is 1.23 bits per heavy atom. The van der Waals surface area contributed by atoms with Crippen LogP contribution in [0.5, 0.6) is 5.88 Å². The van der Waals surface area contributed by atoms with Crippen LogP contribution in [0.3, 0.4) is 0 Å². The molecule has 134 valence electrons. The van der Waals surface area contributed by atoms with Gasteiger partial charge in [0, 0.05) is 17.5 Å². The highest BCUT2D eigenvalue weighted by atomic mass is 16.5. The van der Waals surface area contributed by atoms with Crippen molar-refractivity contribution in [1.82, 2.24) is 9.38 Å². The number of aromatic nitrogens is 2. The van der Waals surface area contributed by atoms with Crippen LogP contribution in [0.15, 0.2) is 36.5 Å². The second kappa shape index (κ2) is 7.00. The molecule has 6 nitrogen and oxygen atoms in total. The molecule has 1 aromatic carbocycles. The van der Waals surface area contributed by atoms with Crippen LogP contribution < -0.4 is 4.74 Å². The Hall–Kier alpha value is -3.15. The molecule has 0 spiro atoms. The number of nitrogens with zero attached hydrogens (tertiary/aromatic N) is 2. The largest absolute Gasteiger partial charge is 0.479 e. The molecular formula is C20H20N2O4. The zero-order valence-electron chi connectivity index (χ0n) is 14.9. The highest BCUT2D eigenvalue weighted by Gasteiger charge is 2.23. The predicted molar refractivity (Wildman–Crippen MR) is 97.9 cm³/mol. The number of rotatable bonds is 6. The fraction of sp³-hybridized carbons (Fsp3) is 0.250. The highest BCUT2D eigenvalue weighted by Crippen LogP contribution is 2.33. The smallest absolute Gasteiger partial charge is 0.341 e. The first-order valence-electron chi connectivity index (χ1n) is 8.39. The van der Waals surface area contributed by atoms with Crippen molar-refractivity contribution >= 4 is 17.3 Å². The number of hydrogen-bond donors (Lipinski definition) is 1. The van der Waals surface area contributed by atoms with Crippen LogP contribution in [-0.2, 0) is 11.2 Å². The monoisotopic (exact) mass is 352 g/mol. The van der Waals surface area contributed by atoms with E-state index in [0.717, 1.165) is 16.8 Å². The molecule has 0 saturated carbocycles. The van der Waals surface area contributed by atoms with E-state index in [0.29, 0.717) is 23.2 Å². The second-order valence-corrected chi connectivity index (χ2v) is 6.05. The number of carboxylic acid groups (broad SMARTS) is 1. The van der Waals surface area contributed by atoms with Crippen molar-refractivity contribution in [2.45, 2.75) is 27.2 Å². The molecule has 0 saturated heterocycles. The number of aliphatic carboxylic acids is 1. The fourth-order valence-corrected chi connectivity index (χ4v) is 3.23. The van der Waals surface area contributed by atoms with Crippen LogP contribution in [0, 0.1) is 6.92 Å². The van der Waals surface area contributed by atoms with Crippen molar-refractivity contribution in [1.29, 1.82) is 0 Å². The lowest BCUT2D eigenvalue weighted by Gasteiger charge is -2.10. The lowest BCUT2D eigenvalue weighted by atomic mass is 10.0. The summed E-state index contributed by atoms with van der Waals surface area (Å²) in [4.78, 5) is 27.8. The van der Waals surface area contributed by atoms with Gasteiger partial charge in [0.25, 0.3) is 0 Å². The maximum Gasteiger partial charge on any atom is 0.341 e. The number of benzene rings is 1. The minimum absolute atomic E-state index is 0.0955. The Bertz CT molecular complexity index is 990. The molecular weight excluding hydrogens is 332 g/mol. The first kappa shape index (κ1) is 17.7. The van der Waals surface area contributed by atoms with E-state index < -0.39 is 12.6 Å². The molecule has 26 heavy (non-hydrogen) atoms. The summed E-state index contributed by atoms with van der Waals surface area (Å²) < 4.78 is 7.34. The van der Waals surface area contributed by atoms with Crippen molar-refractivity contribution in [2.24, 2.45) is 0 Å². The second-order valence-electron chi connectivity index (χ2n) is 6.05. The number of carboxylic acids is 1. The van der Waals surface area contributed by atoms with E-state index in [2.05, 4.69) is 4.98 Å². The molecule has 0 aliphatic carbocycles. The summed E-state index contributed by atoms with van der Waals surface area (Å²) in [6, 6.07) is 9.55. The molecule has 0 fully saturated rings. The Labute approximate surface area is 151 Å². The third-order valence-electron chi connectivity index (χ3n) is 4.36. The SMILES string of the molecule is CCc1c(C(C)=O)c2c(OCC(=O)O)nc(-c3ccccc3)cn2c1C. The Morgan fingerprint density at radius 3 is 2.50 bits per heavy atom. The minimum atomic E-state index is -1.10. The molecule has 0 aliphatic rings. The molecule has 0 radical (unpaired) electrons. The Morgan fingerprint density at radius 2 is 1.92 bits per heavy atom. The number of carbonyl (C=O) groups is 2. The third kappa shape index (κ3) is 3.06. The summed E-state index contributed by atoms with van der Waals surface area (Å²) in [5, 5.41) is 8.99. The quantitative estimate of drug-likeness (QED) is 0.686. The van der Waals surface area contributed by atoms with Gasteiger partial charge in [-0.15, -0.1) is 0 Å². The summed E-state index contributed by atoms with van der Waals surface area (Å²) in [7, 11) is 0. The van der Waals surface area contributed by atoms with Gasteiger partial charge in [0.2, 0.25) is 5.88 Å². The van der Waals surface area contributed by atoms with E-state index in [-0.39, 0.29) is 11.7 Å². The van der Waals surface area contributed by atoms with E-state index >= 15 is 0 Å². The first-order chi connectivity index (χ1) is 12.4. The lowest BCUT2D eigenvalue weighted by Crippen LogP contribution is -2.12. The van der Waals surface area contributed by atoms with Crippen molar-refractivity contribution < 1.29 is 19.4 Å². The van der Waals surface area contributed by atoms with Gasteiger partial charge in [-0.25, -0.2) is 9.78 Å². The Kier molecular flexibility index (Phi) is 4.75. The third-order valence-corrected chi connectivity index (χ3v) is 4.36. The molecule has 2 aromatic heterocycles. The minimum Gasteiger partial charge on any atom is -0.479 e. The van der Waals surface area contributed by atoms with Gasteiger partial charge in [0.05, 0.1) is 11.3 Å². The van der Waals surface area contributed by atoms with Crippen molar-refractivity contribution in [3.05, 3.63) is 53.3 Å². The molecule has 1 N–H and O–H groups in total. The van der Waals surface area contributed by atoms with Gasteiger partial charge in [-0.2, -0.15) is 0 Å². The number of hydrogen-bond acceptors (Lipinski definition) is 4. The molecule has 0 aliphatic heterocycles. The van der Waals surface area contributed by atoms with Gasteiger partial charge in [-0.05, 0) is 25.8 Å². The molecule has 0 atom stereocenters. The van der Waals surface area contributed by atoms with E-state index in [1.807, 2.05) is 54.8 Å². The molecule has 3 aromatic rings. The molecule has 6 heteroatoms. The maximum absolute atomic E-state index is 12.3. The topological polar surface area (TPSA) is 80.9 Å². The molecule has 0 amide bonds. The van der Waals surface area contributed by atoms with Crippen molar-refractivity contribution in [3.8, 4) is 17.1 Å². The van der Waals surface area contributed by atoms with Crippen LogP contribution in [-0.4, -0.2) is 32.9 Å². The summed E-state index contributed by atoms with van der Waals surface area (Å²) in [6.45, 7) is 4.90. The molecule has 0 bridgehead atoms.